The average Bonchev–Trinajstić information content (AvgIpc) is 3.16. The predicted molar refractivity (Wildman–Crippen MR) is 79.0 cm³/mol. The van der Waals surface area contributed by atoms with E-state index in [4.69, 9.17) is 0 Å². The molecule has 0 radical (unpaired) electrons. The predicted octanol–water partition coefficient (Wildman–Crippen LogP) is 3.22. The maximum Gasteiger partial charge on any atom is 0.244 e. The van der Waals surface area contributed by atoms with E-state index < -0.39 is 0 Å². The first-order chi connectivity index (χ1) is 9.22. The van der Waals surface area contributed by atoms with Crippen LogP contribution >= 0.6 is 11.3 Å². The van der Waals surface area contributed by atoms with Gasteiger partial charge in [0.15, 0.2) is 0 Å². The van der Waals surface area contributed by atoms with Gasteiger partial charge in [0, 0.05) is 12.1 Å². The molecule has 1 N–H and O–H groups in total. The summed E-state index contributed by atoms with van der Waals surface area (Å²) in [7, 11) is 0. The van der Waals surface area contributed by atoms with Crippen LogP contribution in [0.4, 0.5) is 0 Å². The Hall–Kier alpha value is -1.68. The average molecular weight is 272 g/mol. The highest BCUT2D eigenvalue weighted by Gasteiger charge is 2.28. The normalized spacial score (nSPS) is 16.9. The number of carbonyl (C=O) groups excluding carboxylic acids is 1. The second kappa shape index (κ2) is 5.13. The summed E-state index contributed by atoms with van der Waals surface area (Å²) in [6.45, 7) is 2.07. The lowest BCUT2D eigenvalue weighted by Gasteiger charge is -2.09. The molecule has 1 aliphatic rings. The zero-order valence-electron chi connectivity index (χ0n) is 10.8. The number of carbonyl (C=O) groups is 1. The van der Waals surface area contributed by atoms with Crippen molar-refractivity contribution in [2.45, 2.75) is 25.8 Å². The van der Waals surface area contributed by atoms with Gasteiger partial charge in [-0.2, -0.15) is 0 Å². The van der Waals surface area contributed by atoms with E-state index in [0.29, 0.717) is 5.92 Å². The van der Waals surface area contributed by atoms with Crippen molar-refractivity contribution in [2.75, 3.05) is 0 Å². The van der Waals surface area contributed by atoms with Gasteiger partial charge in [0.05, 0.1) is 10.2 Å². The van der Waals surface area contributed by atoms with Crippen molar-refractivity contribution < 1.29 is 4.79 Å². The van der Waals surface area contributed by atoms with Crippen LogP contribution in [0.1, 0.15) is 24.8 Å². The number of nitrogens with zero attached hydrogens (tertiary/aromatic N) is 1. The van der Waals surface area contributed by atoms with E-state index in [1.165, 1.54) is 12.8 Å². The lowest BCUT2D eigenvalue weighted by molar-refractivity contribution is -0.117. The van der Waals surface area contributed by atoms with Gasteiger partial charge < -0.3 is 5.32 Å². The van der Waals surface area contributed by atoms with Crippen LogP contribution in [0.5, 0.6) is 0 Å². The van der Waals surface area contributed by atoms with Gasteiger partial charge in [-0.3, -0.25) is 4.79 Å². The zero-order valence-corrected chi connectivity index (χ0v) is 11.6. The Balaban J connectivity index is 1.66. The molecule has 0 saturated heterocycles. The molecule has 0 aliphatic heterocycles. The lowest BCUT2D eigenvalue weighted by atomic mass is 10.2. The van der Waals surface area contributed by atoms with Crippen LogP contribution in [0.3, 0.4) is 0 Å². The van der Waals surface area contributed by atoms with E-state index >= 15 is 0 Å². The van der Waals surface area contributed by atoms with Gasteiger partial charge in [-0.05, 0) is 43.9 Å². The molecule has 1 fully saturated rings. The number of amides is 1. The van der Waals surface area contributed by atoms with Crippen molar-refractivity contribution in [1.82, 2.24) is 10.3 Å². The molecule has 1 aromatic carbocycles. The summed E-state index contributed by atoms with van der Waals surface area (Å²) in [5, 5.41) is 3.87. The third-order valence-corrected chi connectivity index (χ3v) is 4.39. The van der Waals surface area contributed by atoms with Crippen LogP contribution in [-0.2, 0) is 4.79 Å². The molecule has 1 saturated carbocycles. The Kier molecular flexibility index (Phi) is 3.34. The molecule has 3 rings (SSSR count). The van der Waals surface area contributed by atoms with Crippen LogP contribution in [0.2, 0.25) is 0 Å². The van der Waals surface area contributed by atoms with E-state index in [1.807, 2.05) is 24.3 Å². The van der Waals surface area contributed by atoms with Crippen molar-refractivity contribution in [1.29, 1.82) is 0 Å². The minimum atomic E-state index is -0.0290. The number of fused-ring (bicyclic) bond motifs is 1. The molecule has 1 heterocycles. The van der Waals surface area contributed by atoms with Crippen LogP contribution in [0.25, 0.3) is 16.3 Å². The van der Waals surface area contributed by atoms with Crippen molar-refractivity contribution in [3.05, 3.63) is 35.3 Å². The van der Waals surface area contributed by atoms with Crippen molar-refractivity contribution >= 4 is 33.5 Å². The second-order valence-corrected chi connectivity index (χ2v) is 6.05. The Morgan fingerprint density at radius 2 is 2.26 bits per heavy atom. The topological polar surface area (TPSA) is 42.0 Å². The Labute approximate surface area is 116 Å². The fraction of sp³-hybridized carbons (Fsp3) is 0.333. The monoisotopic (exact) mass is 272 g/mol. The number of hydrogen-bond acceptors (Lipinski definition) is 3. The van der Waals surface area contributed by atoms with Gasteiger partial charge in [0.25, 0.3) is 0 Å². The van der Waals surface area contributed by atoms with E-state index in [-0.39, 0.29) is 11.9 Å². The van der Waals surface area contributed by atoms with E-state index in [1.54, 1.807) is 23.5 Å². The van der Waals surface area contributed by atoms with Gasteiger partial charge in [0.1, 0.15) is 5.01 Å². The molecule has 19 heavy (non-hydrogen) atoms. The summed E-state index contributed by atoms with van der Waals surface area (Å²) >= 11 is 1.60. The maximum atomic E-state index is 11.8. The zero-order chi connectivity index (χ0) is 13.2. The number of aromatic nitrogens is 1. The summed E-state index contributed by atoms with van der Waals surface area (Å²) < 4.78 is 1.15. The van der Waals surface area contributed by atoms with Crippen LogP contribution < -0.4 is 5.32 Å². The van der Waals surface area contributed by atoms with Crippen molar-refractivity contribution in [2.24, 2.45) is 5.92 Å². The van der Waals surface area contributed by atoms with E-state index in [0.717, 1.165) is 15.2 Å². The Bertz CT molecular complexity index is 595. The molecular formula is C15H16N2OS. The van der Waals surface area contributed by atoms with Crippen LogP contribution in [0, 0.1) is 5.92 Å². The molecule has 98 valence electrons. The van der Waals surface area contributed by atoms with Gasteiger partial charge in [-0.1, -0.05) is 12.1 Å². The molecule has 1 atom stereocenters. The molecule has 1 amide bonds. The number of benzene rings is 1. The van der Waals surface area contributed by atoms with E-state index in [9.17, 15) is 4.79 Å². The first kappa shape index (κ1) is 12.4. The highest BCUT2D eigenvalue weighted by atomic mass is 32.1. The quantitative estimate of drug-likeness (QED) is 0.868. The van der Waals surface area contributed by atoms with Gasteiger partial charge in [-0.15, -0.1) is 11.3 Å². The molecule has 0 bridgehead atoms. The summed E-state index contributed by atoms with van der Waals surface area (Å²) in [5.74, 6) is 0.651. The second-order valence-electron chi connectivity index (χ2n) is 4.99. The summed E-state index contributed by atoms with van der Waals surface area (Å²) in [4.78, 5) is 16.2. The van der Waals surface area contributed by atoms with Crippen LogP contribution in [0.15, 0.2) is 30.3 Å². The Morgan fingerprint density at radius 1 is 1.47 bits per heavy atom. The largest absolute Gasteiger partial charge is 0.350 e. The molecule has 3 nitrogen and oxygen atoms in total. The molecule has 1 unspecified atom stereocenters. The highest BCUT2D eigenvalue weighted by Crippen LogP contribution is 2.32. The molecule has 2 aromatic rings. The van der Waals surface area contributed by atoms with Crippen LogP contribution in [-0.4, -0.2) is 16.9 Å². The fourth-order valence-electron chi connectivity index (χ4n) is 2.09. The Morgan fingerprint density at radius 3 is 3.00 bits per heavy atom. The molecule has 0 spiro atoms. The molecule has 1 aromatic heterocycles. The third-order valence-electron chi connectivity index (χ3n) is 3.39. The SMILES string of the molecule is CC(NC(=O)/C=C/c1nc2ccccc2s1)C1CC1. The first-order valence-electron chi connectivity index (χ1n) is 6.56. The minimum Gasteiger partial charge on any atom is -0.350 e. The maximum absolute atomic E-state index is 11.8. The highest BCUT2D eigenvalue weighted by molar-refractivity contribution is 7.19. The van der Waals surface area contributed by atoms with E-state index in [2.05, 4.69) is 17.2 Å². The molecule has 1 aliphatic carbocycles. The smallest absolute Gasteiger partial charge is 0.244 e. The summed E-state index contributed by atoms with van der Waals surface area (Å²) in [5.41, 5.74) is 0.985. The summed E-state index contributed by atoms with van der Waals surface area (Å²) in [6, 6.07) is 8.28. The number of rotatable bonds is 4. The number of thiazole rings is 1. The number of hydrogen-bond donors (Lipinski definition) is 1. The molecule has 4 heteroatoms. The van der Waals surface area contributed by atoms with Crippen molar-refractivity contribution in [3.8, 4) is 0 Å². The van der Waals surface area contributed by atoms with Gasteiger partial charge in [0.2, 0.25) is 5.91 Å². The van der Waals surface area contributed by atoms with Gasteiger partial charge >= 0.3 is 0 Å². The standard InChI is InChI=1S/C15H16N2OS/c1-10(11-6-7-11)16-14(18)8-9-15-17-12-4-2-3-5-13(12)19-15/h2-5,8-11H,6-7H2,1H3,(H,16,18)/b9-8+. The number of para-hydroxylation sites is 1. The van der Waals surface area contributed by atoms with Gasteiger partial charge in [-0.25, -0.2) is 4.98 Å². The lowest BCUT2D eigenvalue weighted by Crippen LogP contribution is -2.32. The fourth-order valence-corrected chi connectivity index (χ4v) is 2.97. The summed E-state index contributed by atoms with van der Waals surface area (Å²) in [6.07, 6.45) is 5.85. The molecular weight excluding hydrogens is 256 g/mol. The number of nitrogens with one attached hydrogen (secondary N) is 1. The van der Waals surface area contributed by atoms with Crippen molar-refractivity contribution in [3.63, 3.8) is 0 Å². The third kappa shape index (κ3) is 3.01. The minimum absolute atomic E-state index is 0.0290. The first-order valence-corrected chi connectivity index (χ1v) is 7.38.